The summed E-state index contributed by atoms with van der Waals surface area (Å²) in [6.07, 6.45) is 8.78. The number of carbonyl (C=O) groups is 1. The normalized spacial score (nSPS) is 39.1. The molecule has 0 aliphatic heterocycles. The van der Waals surface area contributed by atoms with E-state index >= 15 is 0 Å². The summed E-state index contributed by atoms with van der Waals surface area (Å²) in [6, 6.07) is 2.11. The molecule has 0 aromatic carbocycles. The second-order valence-electron chi connectivity index (χ2n) is 7.16. The third-order valence-corrected chi connectivity index (χ3v) is 5.69. The molecule has 0 saturated heterocycles. The number of rotatable bonds is 4. The van der Waals surface area contributed by atoms with Gasteiger partial charge in [0.25, 0.3) is 0 Å². The van der Waals surface area contributed by atoms with Crippen LogP contribution in [-0.2, 0) is 4.79 Å². The van der Waals surface area contributed by atoms with Crippen molar-refractivity contribution in [1.82, 2.24) is 4.90 Å². The third-order valence-electron chi connectivity index (χ3n) is 5.69. The lowest BCUT2D eigenvalue weighted by atomic mass is 9.49. The topological polar surface area (TPSA) is 44.1 Å². The quantitative estimate of drug-likeness (QED) is 0.729. The fourth-order valence-electron chi connectivity index (χ4n) is 5.40. The largest absolute Gasteiger partial charge is 0.330 e. The Hall–Kier alpha value is -1.04. The van der Waals surface area contributed by atoms with E-state index in [0.29, 0.717) is 18.4 Å². The van der Waals surface area contributed by atoms with Gasteiger partial charge in [-0.05, 0) is 68.6 Å². The van der Waals surface area contributed by atoms with Gasteiger partial charge in [-0.15, -0.1) is 0 Å². The molecule has 4 aliphatic rings. The lowest BCUT2D eigenvalue weighted by Crippen LogP contribution is -2.48. The summed E-state index contributed by atoms with van der Waals surface area (Å²) in [5.74, 6) is 2.89. The molecule has 0 radical (unpaired) electrons. The summed E-state index contributed by atoms with van der Waals surface area (Å²) in [4.78, 5) is 14.1. The zero-order valence-corrected chi connectivity index (χ0v) is 11.9. The molecule has 0 N–H and O–H groups in total. The smallest absolute Gasteiger partial charge is 0.223 e. The van der Waals surface area contributed by atoms with Crippen LogP contribution in [0.15, 0.2) is 0 Å². The van der Waals surface area contributed by atoms with Crippen LogP contribution in [0.2, 0.25) is 0 Å². The SMILES string of the molecule is CCN(CC#N)C(=O)CC12CC3CC(CC(C3)C1)C2. The molecule has 0 aromatic heterocycles. The highest BCUT2D eigenvalue weighted by Crippen LogP contribution is 2.61. The van der Waals surface area contributed by atoms with Gasteiger partial charge in [0, 0.05) is 13.0 Å². The Morgan fingerprint density at radius 1 is 1.21 bits per heavy atom. The Balaban J connectivity index is 1.69. The molecule has 3 heteroatoms. The first-order valence-corrected chi connectivity index (χ1v) is 7.79. The van der Waals surface area contributed by atoms with Gasteiger partial charge in [0.05, 0.1) is 6.07 Å². The molecule has 0 atom stereocenters. The summed E-state index contributed by atoms with van der Waals surface area (Å²) in [6.45, 7) is 2.88. The van der Waals surface area contributed by atoms with Crippen molar-refractivity contribution >= 4 is 5.91 Å². The maximum absolute atomic E-state index is 12.4. The number of carbonyl (C=O) groups excluding carboxylic acids is 1. The van der Waals surface area contributed by atoms with Gasteiger partial charge in [-0.25, -0.2) is 0 Å². The van der Waals surface area contributed by atoms with E-state index in [1.165, 1.54) is 38.5 Å². The van der Waals surface area contributed by atoms with Crippen molar-refractivity contribution in [2.24, 2.45) is 23.2 Å². The van der Waals surface area contributed by atoms with Gasteiger partial charge in [0.15, 0.2) is 0 Å². The monoisotopic (exact) mass is 260 g/mol. The molecule has 104 valence electrons. The molecule has 3 nitrogen and oxygen atoms in total. The average molecular weight is 260 g/mol. The highest BCUT2D eigenvalue weighted by atomic mass is 16.2. The highest BCUT2D eigenvalue weighted by molar-refractivity contribution is 5.77. The van der Waals surface area contributed by atoms with Crippen molar-refractivity contribution in [2.75, 3.05) is 13.1 Å². The molecule has 4 saturated carbocycles. The number of nitriles is 1. The molecule has 4 bridgehead atoms. The fourth-order valence-corrected chi connectivity index (χ4v) is 5.40. The summed E-state index contributed by atoms with van der Waals surface area (Å²) < 4.78 is 0. The van der Waals surface area contributed by atoms with Gasteiger partial charge in [-0.3, -0.25) is 4.79 Å². The van der Waals surface area contributed by atoms with Crippen LogP contribution in [0.4, 0.5) is 0 Å². The van der Waals surface area contributed by atoms with Crippen molar-refractivity contribution < 1.29 is 4.79 Å². The van der Waals surface area contributed by atoms with Gasteiger partial charge in [0.2, 0.25) is 5.91 Å². The molecule has 19 heavy (non-hydrogen) atoms. The van der Waals surface area contributed by atoms with Gasteiger partial charge < -0.3 is 4.90 Å². The number of hydrogen-bond donors (Lipinski definition) is 0. The van der Waals surface area contributed by atoms with Gasteiger partial charge >= 0.3 is 0 Å². The lowest BCUT2D eigenvalue weighted by Gasteiger charge is -2.56. The first-order valence-electron chi connectivity index (χ1n) is 7.79. The summed E-state index contributed by atoms with van der Waals surface area (Å²) >= 11 is 0. The molecule has 1 amide bonds. The number of hydrogen-bond acceptors (Lipinski definition) is 2. The minimum atomic E-state index is 0.214. The Morgan fingerprint density at radius 2 is 1.74 bits per heavy atom. The van der Waals surface area contributed by atoms with E-state index in [1.54, 1.807) is 4.90 Å². The maximum Gasteiger partial charge on any atom is 0.223 e. The summed E-state index contributed by atoms with van der Waals surface area (Å²) in [5, 5.41) is 8.80. The van der Waals surface area contributed by atoms with E-state index in [-0.39, 0.29) is 12.5 Å². The predicted octanol–water partition coefficient (Wildman–Crippen LogP) is 2.96. The summed E-state index contributed by atoms with van der Waals surface area (Å²) in [5.41, 5.74) is 0.300. The average Bonchev–Trinajstić information content (AvgIpc) is 2.33. The van der Waals surface area contributed by atoms with Crippen molar-refractivity contribution in [1.29, 1.82) is 5.26 Å². The van der Waals surface area contributed by atoms with Crippen LogP contribution in [0.3, 0.4) is 0 Å². The fraction of sp³-hybridized carbons (Fsp3) is 0.875. The van der Waals surface area contributed by atoms with Crippen molar-refractivity contribution in [3.63, 3.8) is 0 Å². The van der Waals surface area contributed by atoms with Crippen LogP contribution >= 0.6 is 0 Å². The molecule has 0 unspecified atom stereocenters. The minimum Gasteiger partial charge on any atom is -0.330 e. The van der Waals surface area contributed by atoms with E-state index in [0.717, 1.165) is 17.8 Å². The zero-order valence-electron chi connectivity index (χ0n) is 11.9. The zero-order chi connectivity index (χ0) is 13.5. The Kier molecular flexibility index (Phi) is 3.28. The van der Waals surface area contributed by atoms with Gasteiger partial charge in [-0.1, -0.05) is 0 Å². The van der Waals surface area contributed by atoms with Crippen LogP contribution in [-0.4, -0.2) is 23.9 Å². The molecule has 4 rings (SSSR count). The van der Waals surface area contributed by atoms with Crippen LogP contribution in [0.1, 0.15) is 51.9 Å². The molecule has 0 aromatic rings. The van der Waals surface area contributed by atoms with Crippen LogP contribution in [0, 0.1) is 34.5 Å². The van der Waals surface area contributed by atoms with Crippen molar-refractivity contribution in [3.8, 4) is 6.07 Å². The highest BCUT2D eigenvalue weighted by Gasteiger charge is 2.51. The lowest BCUT2D eigenvalue weighted by molar-refractivity contribution is -0.138. The van der Waals surface area contributed by atoms with Crippen LogP contribution in [0.25, 0.3) is 0 Å². The first-order chi connectivity index (χ1) is 9.14. The van der Waals surface area contributed by atoms with Crippen molar-refractivity contribution in [2.45, 2.75) is 51.9 Å². The van der Waals surface area contributed by atoms with Crippen molar-refractivity contribution in [3.05, 3.63) is 0 Å². The second kappa shape index (κ2) is 4.81. The van der Waals surface area contributed by atoms with E-state index in [1.807, 2.05) is 6.92 Å². The minimum absolute atomic E-state index is 0.214. The number of amides is 1. The standard InChI is InChI=1S/C16H24N2O/c1-2-18(4-3-17)15(19)11-16-8-12-5-13(9-16)7-14(6-12)10-16/h12-14H,2,4-11H2,1H3. The van der Waals surface area contributed by atoms with Gasteiger partial charge in [-0.2, -0.15) is 5.26 Å². The van der Waals surface area contributed by atoms with Crippen LogP contribution in [0.5, 0.6) is 0 Å². The Morgan fingerprint density at radius 3 is 2.16 bits per heavy atom. The Bertz CT molecular complexity index is 374. The summed E-state index contributed by atoms with van der Waals surface area (Å²) in [7, 11) is 0. The molecular formula is C16H24N2O. The third kappa shape index (κ3) is 2.38. The maximum atomic E-state index is 12.4. The van der Waals surface area contributed by atoms with Crippen LogP contribution < -0.4 is 0 Å². The molecule has 4 fully saturated rings. The molecule has 0 spiro atoms. The van der Waals surface area contributed by atoms with E-state index < -0.39 is 0 Å². The van der Waals surface area contributed by atoms with E-state index in [2.05, 4.69) is 6.07 Å². The molecule has 0 heterocycles. The first kappa shape index (κ1) is 13.0. The Labute approximate surface area is 116 Å². The van der Waals surface area contributed by atoms with E-state index in [9.17, 15) is 4.79 Å². The molecule has 4 aliphatic carbocycles. The van der Waals surface area contributed by atoms with Gasteiger partial charge in [0.1, 0.15) is 6.54 Å². The number of nitrogens with zero attached hydrogens (tertiary/aromatic N) is 2. The predicted molar refractivity (Wildman–Crippen MR) is 73.1 cm³/mol. The molecular weight excluding hydrogens is 236 g/mol. The van der Waals surface area contributed by atoms with E-state index in [4.69, 9.17) is 5.26 Å². The second-order valence-corrected chi connectivity index (χ2v) is 7.16.